The number of nitrogens with one attached hydrogen (secondary N) is 1. The molecular formula is C16H19F3N2O2. The maximum atomic E-state index is 12.6. The van der Waals surface area contributed by atoms with E-state index in [1.807, 2.05) is 0 Å². The fourth-order valence-electron chi connectivity index (χ4n) is 1.66. The molecule has 0 aliphatic carbocycles. The van der Waals surface area contributed by atoms with E-state index < -0.39 is 17.8 Å². The first-order valence-corrected chi connectivity index (χ1v) is 7.03. The number of carbonyl (C=O) groups excluding carboxylic acids is 1. The Morgan fingerprint density at radius 3 is 2.74 bits per heavy atom. The molecule has 1 unspecified atom stereocenters. The summed E-state index contributed by atoms with van der Waals surface area (Å²) in [6, 6.07) is 4.34. The van der Waals surface area contributed by atoms with Crippen LogP contribution >= 0.6 is 0 Å². The predicted octanol–water partition coefficient (Wildman–Crippen LogP) is 2.47. The van der Waals surface area contributed by atoms with Crippen molar-refractivity contribution in [3.63, 3.8) is 0 Å². The van der Waals surface area contributed by atoms with E-state index in [2.05, 4.69) is 17.2 Å². The molecule has 4 nitrogen and oxygen atoms in total. The van der Waals surface area contributed by atoms with Gasteiger partial charge in [0.2, 0.25) is 0 Å². The van der Waals surface area contributed by atoms with Gasteiger partial charge in [0.05, 0.1) is 18.2 Å². The van der Waals surface area contributed by atoms with Crippen molar-refractivity contribution in [3.8, 4) is 11.8 Å². The van der Waals surface area contributed by atoms with Crippen LogP contribution in [0.2, 0.25) is 0 Å². The number of hydrogen-bond acceptors (Lipinski definition) is 2. The first-order chi connectivity index (χ1) is 10.7. The van der Waals surface area contributed by atoms with Crippen LogP contribution in [-0.4, -0.2) is 42.3 Å². The van der Waals surface area contributed by atoms with Crippen LogP contribution in [0.1, 0.15) is 24.5 Å². The van der Waals surface area contributed by atoms with Crippen LogP contribution in [0.15, 0.2) is 24.3 Å². The van der Waals surface area contributed by atoms with Crippen molar-refractivity contribution >= 4 is 6.03 Å². The average Bonchev–Trinajstić information content (AvgIpc) is 2.48. The number of benzene rings is 1. The predicted molar refractivity (Wildman–Crippen MR) is 80.6 cm³/mol. The largest absolute Gasteiger partial charge is 0.416 e. The number of rotatable bonds is 4. The van der Waals surface area contributed by atoms with E-state index in [1.165, 1.54) is 17.0 Å². The summed E-state index contributed by atoms with van der Waals surface area (Å²) in [7, 11) is 1.58. The first kappa shape index (κ1) is 18.8. The molecule has 1 aromatic rings. The maximum Gasteiger partial charge on any atom is 0.416 e. The van der Waals surface area contributed by atoms with Crippen molar-refractivity contribution in [3.05, 3.63) is 35.4 Å². The zero-order chi connectivity index (χ0) is 17.5. The quantitative estimate of drug-likeness (QED) is 0.834. The molecule has 1 atom stereocenters. The molecular weight excluding hydrogens is 309 g/mol. The molecule has 23 heavy (non-hydrogen) atoms. The van der Waals surface area contributed by atoms with Gasteiger partial charge in [-0.05, 0) is 31.5 Å². The number of aliphatic hydroxyl groups excluding tert-OH is 1. The fourth-order valence-corrected chi connectivity index (χ4v) is 1.66. The second-order valence-corrected chi connectivity index (χ2v) is 5.10. The smallest absolute Gasteiger partial charge is 0.393 e. The van der Waals surface area contributed by atoms with Gasteiger partial charge in [-0.25, -0.2) is 4.79 Å². The van der Waals surface area contributed by atoms with E-state index in [9.17, 15) is 18.0 Å². The van der Waals surface area contributed by atoms with Gasteiger partial charge in [-0.3, -0.25) is 0 Å². The highest BCUT2D eigenvalue weighted by molar-refractivity contribution is 5.74. The van der Waals surface area contributed by atoms with Crippen LogP contribution in [-0.2, 0) is 6.18 Å². The lowest BCUT2D eigenvalue weighted by molar-refractivity contribution is -0.137. The molecule has 0 fully saturated rings. The van der Waals surface area contributed by atoms with Gasteiger partial charge in [0.1, 0.15) is 0 Å². The number of urea groups is 1. The topological polar surface area (TPSA) is 52.6 Å². The number of carbonyl (C=O) groups is 1. The minimum absolute atomic E-state index is 0.0219. The van der Waals surface area contributed by atoms with Crippen molar-refractivity contribution in [1.29, 1.82) is 0 Å². The monoisotopic (exact) mass is 328 g/mol. The van der Waals surface area contributed by atoms with Gasteiger partial charge in [-0.15, -0.1) is 0 Å². The molecule has 0 aliphatic rings. The molecule has 1 rings (SSSR count). The standard InChI is InChI=1S/C16H19F3N2O2/c1-12(22)8-10-21(2)15(23)20-9-4-6-13-5-3-7-14(11-13)16(17,18)19/h3,5,7,11-12,22H,8-10H2,1-2H3,(H,20,23). The van der Waals surface area contributed by atoms with E-state index >= 15 is 0 Å². The van der Waals surface area contributed by atoms with Crippen molar-refractivity contribution in [1.82, 2.24) is 10.2 Å². The van der Waals surface area contributed by atoms with Crippen molar-refractivity contribution < 1.29 is 23.1 Å². The van der Waals surface area contributed by atoms with Gasteiger partial charge < -0.3 is 15.3 Å². The molecule has 126 valence electrons. The van der Waals surface area contributed by atoms with Crippen LogP contribution in [0.5, 0.6) is 0 Å². The second kappa shape index (κ2) is 8.44. The van der Waals surface area contributed by atoms with Crippen molar-refractivity contribution in [2.45, 2.75) is 25.6 Å². The number of nitrogens with zero attached hydrogens (tertiary/aromatic N) is 1. The number of aliphatic hydroxyl groups is 1. The van der Waals surface area contributed by atoms with E-state index in [-0.39, 0.29) is 18.1 Å². The fraction of sp³-hybridized carbons (Fsp3) is 0.438. The highest BCUT2D eigenvalue weighted by Gasteiger charge is 2.30. The minimum atomic E-state index is -4.40. The third-order valence-electron chi connectivity index (χ3n) is 2.98. The van der Waals surface area contributed by atoms with E-state index in [4.69, 9.17) is 5.11 Å². The van der Waals surface area contributed by atoms with Crippen LogP contribution in [0.25, 0.3) is 0 Å². The van der Waals surface area contributed by atoms with Gasteiger partial charge in [0, 0.05) is 19.2 Å². The summed E-state index contributed by atoms with van der Waals surface area (Å²) in [5.41, 5.74) is -0.525. The molecule has 0 saturated carbocycles. The average molecular weight is 328 g/mol. The molecule has 0 heterocycles. The summed E-state index contributed by atoms with van der Waals surface area (Å²) >= 11 is 0. The Balaban J connectivity index is 2.51. The maximum absolute atomic E-state index is 12.6. The van der Waals surface area contributed by atoms with E-state index in [0.29, 0.717) is 13.0 Å². The highest BCUT2D eigenvalue weighted by Crippen LogP contribution is 2.29. The van der Waals surface area contributed by atoms with E-state index in [0.717, 1.165) is 12.1 Å². The molecule has 0 aliphatic heterocycles. The Bertz CT molecular complexity index is 589. The summed E-state index contributed by atoms with van der Waals surface area (Å²) in [6.07, 6.45) is -4.44. The summed E-state index contributed by atoms with van der Waals surface area (Å²) in [5, 5.41) is 11.7. The number of hydrogen-bond donors (Lipinski definition) is 2. The van der Waals surface area contributed by atoms with Gasteiger partial charge in [-0.1, -0.05) is 17.9 Å². The zero-order valence-electron chi connectivity index (χ0n) is 12.9. The van der Waals surface area contributed by atoms with Gasteiger partial charge in [-0.2, -0.15) is 13.2 Å². The summed E-state index contributed by atoms with van der Waals surface area (Å²) in [6.45, 7) is 2.05. The lowest BCUT2D eigenvalue weighted by Gasteiger charge is -2.17. The minimum Gasteiger partial charge on any atom is -0.393 e. The normalized spacial score (nSPS) is 12.1. The van der Waals surface area contributed by atoms with Crippen LogP contribution in [0.3, 0.4) is 0 Å². The lowest BCUT2D eigenvalue weighted by Crippen LogP contribution is -2.38. The lowest BCUT2D eigenvalue weighted by atomic mass is 10.1. The number of alkyl halides is 3. The highest BCUT2D eigenvalue weighted by atomic mass is 19.4. The van der Waals surface area contributed by atoms with Gasteiger partial charge in [0.15, 0.2) is 0 Å². The molecule has 7 heteroatoms. The van der Waals surface area contributed by atoms with Crippen molar-refractivity contribution in [2.75, 3.05) is 20.1 Å². The molecule has 0 aromatic heterocycles. The Labute approximate surface area is 133 Å². The third-order valence-corrected chi connectivity index (χ3v) is 2.98. The van der Waals surface area contributed by atoms with Gasteiger partial charge in [0.25, 0.3) is 0 Å². The zero-order valence-corrected chi connectivity index (χ0v) is 12.9. The Morgan fingerprint density at radius 1 is 1.43 bits per heavy atom. The Morgan fingerprint density at radius 2 is 2.13 bits per heavy atom. The molecule has 0 spiro atoms. The summed E-state index contributed by atoms with van der Waals surface area (Å²) in [4.78, 5) is 13.1. The van der Waals surface area contributed by atoms with E-state index in [1.54, 1.807) is 14.0 Å². The molecule has 0 saturated heterocycles. The third kappa shape index (κ3) is 7.06. The van der Waals surface area contributed by atoms with Gasteiger partial charge >= 0.3 is 12.2 Å². The van der Waals surface area contributed by atoms with Crippen LogP contribution < -0.4 is 5.32 Å². The Hall–Kier alpha value is -2.20. The summed E-state index contributed by atoms with van der Waals surface area (Å²) < 4.78 is 37.7. The second-order valence-electron chi connectivity index (χ2n) is 5.10. The Kier molecular flexibility index (Phi) is 6.91. The molecule has 2 amide bonds. The van der Waals surface area contributed by atoms with Crippen LogP contribution in [0, 0.1) is 11.8 Å². The molecule has 0 radical (unpaired) electrons. The summed E-state index contributed by atoms with van der Waals surface area (Å²) in [5.74, 6) is 5.18. The first-order valence-electron chi connectivity index (χ1n) is 7.03. The molecule has 1 aromatic carbocycles. The number of halogens is 3. The van der Waals surface area contributed by atoms with Crippen LogP contribution in [0.4, 0.5) is 18.0 Å². The molecule has 2 N–H and O–H groups in total. The number of amides is 2. The van der Waals surface area contributed by atoms with Crippen molar-refractivity contribution in [2.24, 2.45) is 0 Å². The molecule has 0 bridgehead atoms. The SMILES string of the molecule is CC(O)CCN(C)C(=O)NCC#Cc1cccc(C(F)(F)F)c1.